The molecule has 0 unspecified atom stereocenters. The van der Waals surface area contributed by atoms with Gasteiger partial charge in [-0.05, 0) is 18.2 Å². The van der Waals surface area contributed by atoms with Gasteiger partial charge in [0.05, 0.1) is 16.5 Å². The number of halogens is 2. The predicted octanol–water partition coefficient (Wildman–Crippen LogP) is 3.06. The van der Waals surface area contributed by atoms with E-state index in [1.807, 2.05) is 0 Å². The van der Waals surface area contributed by atoms with Gasteiger partial charge in [-0.3, -0.25) is 4.79 Å². The molecular weight excluding hydrogens is 297 g/mol. The second kappa shape index (κ2) is 6.12. The number of nitrogens with zero attached hydrogens (tertiary/aromatic N) is 2. The van der Waals surface area contributed by atoms with E-state index >= 15 is 0 Å². The summed E-state index contributed by atoms with van der Waals surface area (Å²) in [5.74, 6) is -0.479. The lowest BCUT2D eigenvalue weighted by molar-refractivity contribution is -0.113. The largest absolute Gasteiger partial charge is 0.324 e. The molecule has 0 radical (unpaired) electrons. The van der Waals surface area contributed by atoms with Crippen molar-refractivity contribution in [2.75, 3.05) is 11.1 Å². The number of nitrogens with one attached hydrogen (secondary N) is 1. The topological polar surface area (TPSA) is 54.9 Å². The SMILES string of the molecule is O=C(CSc1nncs1)Nc1ccc(F)cc1Cl. The third-order valence-corrected chi connectivity index (χ3v) is 4.05. The summed E-state index contributed by atoms with van der Waals surface area (Å²) in [5.41, 5.74) is 1.98. The van der Waals surface area contributed by atoms with Crippen molar-refractivity contribution in [3.8, 4) is 0 Å². The molecule has 94 valence electrons. The van der Waals surface area contributed by atoms with E-state index in [2.05, 4.69) is 15.5 Å². The number of amides is 1. The Morgan fingerprint density at radius 2 is 2.39 bits per heavy atom. The molecule has 1 N–H and O–H groups in total. The highest BCUT2D eigenvalue weighted by Crippen LogP contribution is 2.23. The summed E-state index contributed by atoms with van der Waals surface area (Å²) < 4.78 is 13.5. The van der Waals surface area contributed by atoms with E-state index in [-0.39, 0.29) is 16.7 Å². The van der Waals surface area contributed by atoms with E-state index in [0.29, 0.717) is 5.69 Å². The normalized spacial score (nSPS) is 10.3. The van der Waals surface area contributed by atoms with E-state index in [1.54, 1.807) is 5.51 Å². The van der Waals surface area contributed by atoms with Crippen LogP contribution >= 0.6 is 34.7 Å². The fourth-order valence-corrected chi connectivity index (χ4v) is 2.63. The van der Waals surface area contributed by atoms with Crippen LogP contribution in [0.4, 0.5) is 10.1 Å². The van der Waals surface area contributed by atoms with Crippen molar-refractivity contribution < 1.29 is 9.18 Å². The maximum absolute atomic E-state index is 12.8. The number of aromatic nitrogens is 2. The van der Waals surface area contributed by atoms with Crippen LogP contribution in [0.5, 0.6) is 0 Å². The lowest BCUT2D eigenvalue weighted by Crippen LogP contribution is -2.14. The Hall–Kier alpha value is -1.18. The number of hydrogen-bond acceptors (Lipinski definition) is 5. The fourth-order valence-electron chi connectivity index (χ4n) is 1.13. The van der Waals surface area contributed by atoms with Gasteiger partial charge >= 0.3 is 0 Å². The van der Waals surface area contributed by atoms with Crippen LogP contribution in [-0.2, 0) is 4.79 Å². The Bertz CT molecular complexity index is 550. The summed E-state index contributed by atoms with van der Waals surface area (Å²) >= 11 is 8.43. The van der Waals surface area contributed by atoms with E-state index in [0.717, 1.165) is 10.4 Å². The lowest BCUT2D eigenvalue weighted by atomic mass is 10.3. The second-order valence-electron chi connectivity index (χ2n) is 3.17. The van der Waals surface area contributed by atoms with Gasteiger partial charge in [-0.15, -0.1) is 10.2 Å². The van der Waals surface area contributed by atoms with Crippen LogP contribution in [0.15, 0.2) is 28.0 Å². The smallest absolute Gasteiger partial charge is 0.234 e. The minimum atomic E-state index is -0.443. The third kappa shape index (κ3) is 3.66. The molecule has 0 saturated carbocycles. The van der Waals surface area contributed by atoms with Crippen molar-refractivity contribution >= 4 is 46.3 Å². The van der Waals surface area contributed by atoms with Crippen LogP contribution in [0.2, 0.25) is 5.02 Å². The van der Waals surface area contributed by atoms with Crippen LogP contribution in [-0.4, -0.2) is 21.9 Å². The average molecular weight is 304 g/mol. The Morgan fingerprint density at radius 1 is 1.56 bits per heavy atom. The van der Waals surface area contributed by atoms with Crippen LogP contribution < -0.4 is 5.32 Å². The van der Waals surface area contributed by atoms with E-state index < -0.39 is 5.82 Å². The van der Waals surface area contributed by atoms with E-state index in [4.69, 9.17) is 11.6 Å². The quantitative estimate of drug-likeness (QED) is 0.882. The zero-order valence-electron chi connectivity index (χ0n) is 8.89. The molecule has 18 heavy (non-hydrogen) atoms. The van der Waals surface area contributed by atoms with Gasteiger partial charge in [0.25, 0.3) is 0 Å². The summed E-state index contributed by atoms with van der Waals surface area (Å²) in [5, 5.41) is 10.2. The third-order valence-electron chi connectivity index (χ3n) is 1.87. The van der Waals surface area contributed by atoms with Crippen molar-refractivity contribution in [3.63, 3.8) is 0 Å². The molecule has 0 atom stereocenters. The summed E-state index contributed by atoms with van der Waals surface area (Å²) in [6, 6.07) is 3.81. The molecule has 0 spiro atoms. The van der Waals surface area contributed by atoms with Crippen LogP contribution in [0.3, 0.4) is 0 Å². The molecule has 0 fully saturated rings. The van der Waals surface area contributed by atoms with Gasteiger partial charge in [-0.2, -0.15) is 0 Å². The van der Waals surface area contributed by atoms with Gasteiger partial charge in [0.1, 0.15) is 11.3 Å². The first-order valence-corrected chi connectivity index (χ1v) is 7.03. The monoisotopic (exact) mass is 303 g/mol. The molecule has 0 saturated heterocycles. The summed E-state index contributed by atoms with van der Waals surface area (Å²) in [7, 11) is 0. The molecule has 8 heteroatoms. The predicted molar refractivity (Wildman–Crippen MR) is 70.7 cm³/mol. The molecule has 1 heterocycles. The lowest BCUT2D eigenvalue weighted by Gasteiger charge is -2.06. The van der Waals surface area contributed by atoms with Gasteiger partial charge in [0.2, 0.25) is 5.91 Å². The number of benzene rings is 1. The molecule has 1 aromatic carbocycles. The summed E-state index contributed by atoms with van der Waals surface area (Å²) in [6.07, 6.45) is 0. The molecule has 0 aliphatic heterocycles. The van der Waals surface area contributed by atoms with Crippen LogP contribution in [0.1, 0.15) is 0 Å². The highest BCUT2D eigenvalue weighted by atomic mass is 35.5. The Morgan fingerprint density at radius 3 is 3.06 bits per heavy atom. The first-order valence-electron chi connectivity index (χ1n) is 4.79. The minimum Gasteiger partial charge on any atom is -0.324 e. The molecule has 0 aliphatic rings. The average Bonchev–Trinajstić information content (AvgIpc) is 2.83. The number of rotatable bonds is 4. The zero-order valence-corrected chi connectivity index (χ0v) is 11.3. The molecular formula is C10H7ClFN3OS2. The van der Waals surface area contributed by atoms with Gasteiger partial charge in [-0.25, -0.2) is 4.39 Å². The number of carbonyl (C=O) groups is 1. The Balaban J connectivity index is 1.91. The van der Waals surface area contributed by atoms with Gasteiger partial charge in [-0.1, -0.05) is 34.7 Å². The minimum absolute atomic E-state index is 0.171. The number of anilines is 1. The first kappa shape index (κ1) is 13.3. The summed E-state index contributed by atoms with van der Waals surface area (Å²) in [4.78, 5) is 11.6. The van der Waals surface area contributed by atoms with Gasteiger partial charge < -0.3 is 5.32 Å². The van der Waals surface area contributed by atoms with Crippen molar-refractivity contribution in [3.05, 3.63) is 34.5 Å². The summed E-state index contributed by atoms with van der Waals surface area (Å²) in [6.45, 7) is 0. The Labute approximate surface area is 116 Å². The van der Waals surface area contributed by atoms with Gasteiger partial charge in [0.15, 0.2) is 4.34 Å². The molecule has 2 rings (SSSR count). The van der Waals surface area contributed by atoms with Crippen molar-refractivity contribution in [2.45, 2.75) is 4.34 Å². The molecule has 1 aromatic heterocycles. The highest BCUT2D eigenvalue weighted by molar-refractivity contribution is 8.01. The number of thioether (sulfide) groups is 1. The van der Waals surface area contributed by atoms with Crippen molar-refractivity contribution in [1.82, 2.24) is 10.2 Å². The van der Waals surface area contributed by atoms with Crippen molar-refractivity contribution in [2.24, 2.45) is 0 Å². The maximum atomic E-state index is 12.8. The van der Waals surface area contributed by atoms with Crippen molar-refractivity contribution in [1.29, 1.82) is 0 Å². The molecule has 4 nitrogen and oxygen atoms in total. The number of carbonyl (C=O) groups excluding carboxylic acids is 1. The van der Waals surface area contributed by atoms with Gasteiger partial charge in [0, 0.05) is 0 Å². The maximum Gasteiger partial charge on any atom is 0.234 e. The molecule has 0 bridgehead atoms. The second-order valence-corrected chi connectivity index (χ2v) is 5.63. The molecule has 0 aliphatic carbocycles. The first-order chi connectivity index (χ1) is 8.65. The molecule has 1 amide bonds. The van der Waals surface area contributed by atoms with Crippen LogP contribution in [0.25, 0.3) is 0 Å². The molecule has 2 aromatic rings. The standard InChI is InChI=1S/C10H7ClFN3OS2/c11-7-3-6(12)1-2-8(7)14-9(16)4-17-10-15-13-5-18-10/h1-3,5H,4H2,(H,14,16). The highest BCUT2D eigenvalue weighted by Gasteiger charge is 2.08. The Kier molecular flexibility index (Phi) is 4.51. The van der Waals surface area contributed by atoms with Crippen LogP contribution in [0, 0.1) is 5.82 Å². The van der Waals surface area contributed by atoms with E-state index in [9.17, 15) is 9.18 Å². The van der Waals surface area contributed by atoms with E-state index in [1.165, 1.54) is 35.2 Å². The zero-order chi connectivity index (χ0) is 13.0. The fraction of sp³-hybridized carbons (Fsp3) is 0.100. The number of hydrogen-bond donors (Lipinski definition) is 1.